The fourth-order valence-electron chi connectivity index (χ4n) is 7.23. The van der Waals surface area contributed by atoms with Gasteiger partial charge in [0.15, 0.2) is 0 Å². The lowest BCUT2D eigenvalue weighted by molar-refractivity contribution is 0.669. The Hall–Kier alpha value is -6.18. The predicted octanol–water partition coefficient (Wildman–Crippen LogP) is 13.8. The number of benzene rings is 7. The summed E-state index contributed by atoms with van der Waals surface area (Å²) in [6, 6.07) is 51.8. The molecule has 0 spiro atoms. The van der Waals surface area contributed by atoms with Gasteiger partial charge >= 0.3 is 0 Å². The smallest absolute Gasteiger partial charge is 0.136 e. The first kappa shape index (κ1) is 30.2. The van der Waals surface area contributed by atoms with Gasteiger partial charge in [0.2, 0.25) is 0 Å². The number of furan rings is 1. The quantitative estimate of drug-likeness (QED) is 0.121. The minimum atomic E-state index is 0.739. The van der Waals surface area contributed by atoms with Crippen molar-refractivity contribution in [2.24, 2.45) is 0 Å². The lowest BCUT2D eigenvalue weighted by atomic mass is 9.81. The van der Waals surface area contributed by atoms with Gasteiger partial charge in [-0.15, -0.1) is 0 Å². The number of allylic oxidation sites excluding steroid dienone is 7. The molecule has 0 saturated heterocycles. The van der Waals surface area contributed by atoms with E-state index in [1.807, 2.05) is 19.1 Å². The zero-order chi connectivity index (χ0) is 33.2. The average Bonchev–Trinajstić information content (AvgIpc) is 3.54. The highest BCUT2D eigenvalue weighted by Gasteiger charge is 2.24. The molecule has 8 aromatic rings. The van der Waals surface area contributed by atoms with Crippen molar-refractivity contribution in [3.05, 3.63) is 194 Å². The molecule has 0 radical (unpaired) electrons. The zero-order valence-corrected chi connectivity index (χ0v) is 27.6. The fourth-order valence-corrected chi connectivity index (χ4v) is 7.23. The Balaban J connectivity index is 1.53. The summed E-state index contributed by atoms with van der Waals surface area (Å²) in [6.45, 7) is 6.60. The van der Waals surface area contributed by atoms with Gasteiger partial charge in [-0.2, -0.15) is 0 Å². The normalized spacial score (nSPS) is 12.3. The first-order valence-electron chi connectivity index (χ1n) is 16.9. The van der Waals surface area contributed by atoms with Crippen LogP contribution >= 0.6 is 0 Å². The van der Waals surface area contributed by atoms with Crippen molar-refractivity contribution >= 4 is 54.6 Å². The minimum absolute atomic E-state index is 0.739. The molecule has 7 aromatic carbocycles. The van der Waals surface area contributed by atoms with Gasteiger partial charge in [-0.25, -0.2) is 0 Å². The Bertz CT molecular complexity index is 2520. The van der Waals surface area contributed by atoms with E-state index in [0.29, 0.717) is 0 Å². The van der Waals surface area contributed by atoms with E-state index in [2.05, 4.69) is 170 Å². The Kier molecular flexibility index (Phi) is 8.09. The van der Waals surface area contributed by atoms with Gasteiger partial charge in [-0.3, -0.25) is 0 Å². The van der Waals surface area contributed by atoms with Crippen molar-refractivity contribution in [3.8, 4) is 22.3 Å². The summed E-state index contributed by atoms with van der Waals surface area (Å²) in [4.78, 5) is 0. The number of fused-ring (bicyclic) bond motifs is 5. The summed E-state index contributed by atoms with van der Waals surface area (Å²) in [5, 5.41) is 7.12. The van der Waals surface area contributed by atoms with E-state index in [-0.39, 0.29) is 0 Å². The molecule has 8 rings (SSSR count). The molecule has 0 amide bonds. The number of hydrogen-bond acceptors (Lipinski definition) is 1. The average molecular weight is 629 g/mol. The third-order valence-corrected chi connectivity index (χ3v) is 9.40. The largest absolute Gasteiger partial charge is 0.456 e. The van der Waals surface area contributed by atoms with Crippen molar-refractivity contribution < 1.29 is 4.42 Å². The van der Waals surface area contributed by atoms with E-state index in [1.165, 1.54) is 54.9 Å². The third kappa shape index (κ3) is 5.50. The van der Waals surface area contributed by atoms with Crippen LogP contribution in [0, 0.1) is 0 Å². The van der Waals surface area contributed by atoms with Gasteiger partial charge in [0.25, 0.3) is 0 Å². The Morgan fingerprint density at radius 3 is 1.78 bits per heavy atom. The van der Waals surface area contributed by atoms with Crippen LogP contribution in [0.25, 0.3) is 76.9 Å². The van der Waals surface area contributed by atoms with Gasteiger partial charge in [0.1, 0.15) is 11.2 Å². The number of rotatable bonds is 8. The van der Waals surface area contributed by atoms with Crippen LogP contribution in [-0.2, 0) is 0 Å². The summed E-state index contributed by atoms with van der Waals surface area (Å²) in [6.07, 6.45) is 11.5. The summed E-state index contributed by atoms with van der Waals surface area (Å²) in [5.74, 6) is 0. The van der Waals surface area contributed by atoms with Crippen molar-refractivity contribution in [2.45, 2.75) is 13.3 Å². The van der Waals surface area contributed by atoms with Crippen molar-refractivity contribution in [1.82, 2.24) is 0 Å². The molecule has 0 aliphatic carbocycles. The molecule has 0 fully saturated rings. The maximum atomic E-state index is 6.57. The lowest BCUT2D eigenvalue weighted by Gasteiger charge is -2.21. The molecule has 1 heteroatoms. The standard InChI is InChI=1S/C48H36O/c1-3-4-5-8-23-36(32-33(2)34-19-9-6-10-20-34)37-30-31-44-47(42-28-17-18-29-43(42)49-44)48(37)46-40-26-15-13-24-38(40)45(35-21-11-7-12-22-35)39-25-14-16-27-41(39)46/h3-22,24-32H,2,23H2,1H3/b4-3-,8-5-,36-32+. The van der Waals surface area contributed by atoms with Crippen molar-refractivity contribution in [2.75, 3.05) is 0 Å². The lowest BCUT2D eigenvalue weighted by Crippen LogP contribution is -1.96. The highest BCUT2D eigenvalue weighted by molar-refractivity contribution is 6.27. The van der Waals surface area contributed by atoms with Gasteiger partial charge in [0.05, 0.1) is 0 Å². The molecule has 1 heterocycles. The predicted molar refractivity (Wildman–Crippen MR) is 212 cm³/mol. The van der Waals surface area contributed by atoms with Gasteiger partial charge < -0.3 is 4.42 Å². The molecule has 1 aromatic heterocycles. The van der Waals surface area contributed by atoms with Gasteiger partial charge in [-0.1, -0.05) is 170 Å². The second kappa shape index (κ2) is 13.1. The second-order valence-electron chi connectivity index (χ2n) is 12.4. The topological polar surface area (TPSA) is 13.1 Å². The minimum Gasteiger partial charge on any atom is -0.456 e. The van der Waals surface area contributed by atoms with Crippen molar-refractivity contribution in [1.29, 1.82) is 0 Å². The maximum absolute atomic E-state index is 6.57. The zero-order valence-electron chi connectivity index (χ0n) is 27.6. The van der Waals surface area contributed by atoms with E-state index in [0.717, 1.165) is 39.5 Å². The molecule has 0 aliphatic heterocycles. The van der Waals surface area contributed by atoms with Crippen molar-refractivity contribution in [3.63, 3.8) is 0 Å². The molecule has 1 nitrogen and oxygen atoms in total. The van der Waals surface area contributed by atoms with E-state index in [1.54, 1.807) is 0 Å². The Labute approximate surface area is 287 Å². The molecule has 0 atom stereocenters. The SMILES string of the molecule is C=C(/C=C(\C/C=C\C=C/C)c1ccc2oc3ccccc3c2c1-c1c2ccccc2c(-c2ccccc2)c2ccccc12)c1ccccc1. The van der Waals surface area contributed by atoms with Crippen LogP contribution < -0.4 is 0 Å². The van der Waals surface area contributed by atoms with E-state index in [4.69, 9.17) is 4.42 Å². The second-order valence-corrected chi connectivity index (χ2v) is 12.4. The molecule has 0 unspecified atom stereocenters. The molecule has 0 aliphatic rings. The van der Waals surface area contributed by atoms with E-state index < -0.39 is 0 Å². The highest BCUT2D eigenvalue weighted by Crippen LogP contribution is 2.49. The molecule has 0 bridgehead atoms. The van der Waals surface area contributed by atoms with Crippen LogP contribution in [0.4, 0.5) is 0 Å². The number of hydrogen-bond donors (Lipinski definition) is 0. The first-order chi connectivity index (χ1) is 24.2. The number of para-hydroxylation sites is 1. The molecule has 0 saturated carbocycles. The highest BCUT2D eigenvalue weighted by atomic mass is 16.3. The van der Waals surface area contributed by atoms with E-state index >= 15 is 0 Å². The van der Waals surface area contributed by atoms with Crippen LogP contribution in [0.1, 0.15) is 24.5 Å². The fraction of sp³-hybridized carbons (Fsp3) is 0.0417. The molecule has 234 valence electrons. The van der Waals surface area contributed by atoms with Gasteiger partial charge in [0, 0.05) is 16.3 Å². The Morgan fingerprint density at radius 1 is 0.551 bits per heavy atom. The summed E-state index contributed by atoms with van der Waals surface area (Å²) >= 11 is 0. The molecule has 49 heavy (non-hydrogen) atoms. The third-order valence-electron chi connectivity index (χ3n) is 9.40. The summed E-state index contributed by atoms with van der Waals surface area (Å²) in [5.41, 5.74) is 11.1. The van der Waals surface area contributed by atoms with Crippen LogP contribution in [0.3, 0.4) is 0 Å². The summed E-state index contributed by atoms with van der Waals surface area (Å²) in [7, 11) is 0. The Morgan fingerprint density at radius 2 is 1.12 bits per heavy atom. The maximum Gasteiger partial charge on any atom is 0.136 e. The van der Waals surface area contributed by atoms with E-state index in [9.17, 15) is 0 Å². The van der Waals surface area contributed by atoms with Crippen LogP contribution in [0.2, 0.25) is 0 Å². The monoisotopic (exact) mass is 628 g/mol. The molecular formula is C48H36O. The summed E-state index contributed by atoms with van der Waals surface area (Å²) < 4.78 is 6.57. The first-order valence-corrected chi connectivity index (χ1v) is 16.9. The molecule has 0 N–H and O–H groups in total. The van der Waals surface area contributed by atoms with Crippen LogP contribution in [0.5, 0.6) is 0 Å². The van der Waals surface area contributed by atoms with Gasteiger partial charge in [-0.05, 0) is 86.0 Å². The van der Waals surface area contributed by atoms with Crippen LogP contribution in [-0.4, -0.2) is 0 Å². The van der Waals surface area contributed by atoms with Crippen LogP contribution in [0.15, 0.2) is 187 Å². The molecular weight excluding hydrogens is 593 g/mol.